The minimum atomic E-state index is 0.0487. The Bertz CT molecular complexity index is 395. The molecular formula is C13H19BrN2O. The average Bonchev–Trinajstić information content (AvgIpc) is 2.76. The van der Waals surface area contributed by atoms with E-state index in [1.165, 1.54) is 0 Å². The molecule has 2 atom stereocenters. The predicted octanol–water partition coefficient (Wildman–Crippen LogP) is 2.43. The fraction of sp³-hybridized carbons (Fsp3) is 0.538. The van der Waals surface area contributed by atoms with Gasteiger partial charge in [-0.15, -0.1) is 0 Å². The third kappa shape index (κ3) is 2.64. The zero-order valence-electron chi connectivity index (χ0n) is 10.1. The number of aliphatic hydroxyl groups excluding tert-OH is 1. The molecule has 1 fully saturated rings. The van der Waals surface area contributed by atoms with E-state index < -0.39 is 0 Å². The normalized spacial score (nSPS) is 21.9. The number of hydrogen-bond donors (Lipinski definition) is 2. The molecule has 1 saturated heterocycles. The highest BCUT2D eigenvalue weighted by Crippen LogP contribution is 2.33. The van der Waals surface area contributed by atoms with E-state index >= 15 is 0 Å². The van der Waals surface area contributed by atoms with Crippen LogP contribution in [-0.4, -0.2) is 24.3 Å². The topological polar surface area (TPSA) is 49.5 Å². The van der Waals surface area contributed by atoms with Crippen LogP contribution in [0.3, 0.4) is 0 Å². The summed E-state index contributed by atoms with van der Waals surface area (Å²) >= 11 is 3.60. The van der Waals surface area contributed by atoms with Crippen molar-refractivity contribution in [3.8, 4) is 0 Å². The second-order valence-electron chi connectivity index (χ2n) is 4.67. The van der Waals surface area contributed by atoms with E-state index in [4.69, 9.17) is 5.73 Å². The van der Waals surface area contributed by atoms with Crippen LogP contribution in [0, 0.1) is 0 Å². The number of nitrogens with two attached hydrogens (primary N) is 1. The number of benzene rings is 1. The van der Waals surface area contributed by atoms with Crippen molar-refractivity contribution in [2.45, 2.75) is 31.8 Å². The van der Waals surface area contributed by atoms with Gasteiger partial charge in [0.15, 0.2) is 0 Å². The number of halogens is 1. The molecule has 0 spiro atoms. The van der Waals surface area contributed by atoms with Gasteiger partial charge < -0.3 is 15.7 Å². The molecule has 1 aliphatic rings. The van der Waals surface area contributed by atoms with Crippen LogP contribution in [0.5, 0.6) is 0 Å². The maximum Gasteiger partial charge on any atom is 0.0635 e. The number of hydrogen-bond acceptors (Lipinski definition) is 3. The van der Waals surface area contributed by atoms with E-state index in [2.05, 4.69) is 39.0 Å². The van der Waals surface area contributed by atoms with Crippen LogP contribution in [-0.2, 0) is 0 Å². The van der Waals surface area contributed by atoms with Crippen LogP contribution in [0.4, 0.5) is 5.69 Å². The summed E-state index contributed by atoms with van der Waals surface area (Å²) in [5.41, 5.74) is 8.15. The minimum absolute atomic E-state index is 0.0487. The maximum atomic E-state index is 9.35. The van der Waals surface area contributed by atoms with E-state index in [1.807, 2.05) is 6.92 Å². The molecule has 2 rings (SSSR count). The summed E-state index contributed by atoms with van der Waals surface area (Å²) in [6.07, 6.45) is 2.21. The summed E-state index contributed by atoms with van der Waals surface area (Å²) < 4.78 is 1.06. The summed E-state index contributed by atoms with van der Waals surface area (Å²) in [5.74, 6) is 0. The number of anilines is 1. The maximum absolute atomic E-state index is 9.35. The lowest BCUT2D eigenvalue weighted by Crippen LogP contribution is -2.32. The Morgan fingerprint density at radius 3 is 2.94 bits per heavy atom. The van der Waals surface area contributed by atoms with E-state index in [0.29, 0.717) is 0 Å². The number of nitrogens with zero attached hydrogens (tertiary/aromatic N) is 1. The Morgan fingerprint density at radius 1 is 1.59 bits per heavy atom. The highest BCUT2D eigenvalue weighted by molar-refractivity contribution is 9.10. The molecule has 1 heterocycles. The summed E-state index contributed by atoms with van der Waals surface area (Å²) in [5, 5.41) is 9.35. The zero-order chi connectivity index (χ0) is 12.4. The van der Waals surface area contributed by atoms with Gasteiger partial charge in [-0.05, 0) is 53.4 Å². The van der Waals surface area contributed by atoms with Gasteiger partial charge in [0.1, 0.15) is 0 Å². The highest BCUT2D eigenvalue weighted by atomic mass is 79.9. The Labute approximate surface area is 111 Å². The van der Waals surface area contributed by atoms with Crippen molar-refractivity contribution in [1.82, 2.24) is 0 Å². The van der Waals surface area contributed by atoms with Crippen molar-refractivity contribution in [2.75, 3.05) is 18.1 Å². The van der Waals surface area contributed by atoms with Crippen molar-refractivity contribution in [3.05, 3.63) is 28.2 Å². The van der Waals surface area contributed by atoms with Gasteiger partial charge in [-0.1, -0.05) is 6.07 Å². The highest BCUT2D eigenvalue weighted by Gasteiger charge is 2.25. The van der Waals surface area contributed by atoms with Crippen molar-refractivity contribution >= 4 is 21.6 Å². The van der Waals surface area contributed by atoms with Gasteiger partial charge in [-0.25, -0.2) is 0 Å². The lowest BCUT2D eigenvalue weighted by molar-refractivity contribution is 0.266. The van der Waals surface area contributed by atoms with E-state index in [9.17, 15) is 5.11 Å². The van der Waals surface area contributed by atoms with Crippen molar-refractivity contribution in [2.24, 2.45) is 5.73 Å². The summed E-state index contributed by atoms with van der Waals surface area (Å²) in [7, 11) is 0. The van der Waals surface area contributed by atoms with Crippen molar-refractivity contribution < 1.29 is 5.11 Å². The zero-order valence-corrected chi connectivity index (χ0v) is 11.7. The fourth-order valence-corrected chi connectivity index (χ4v) is 3.01. The van der Waals surface area contributed by atoms with Gasteiger partial charge in [0.05, 0.1) is 18.3 Å². The van der Waals surface area contributed by atoms with Gasteiger partial charge in [-0.2, -0.15) is 0 Å². The predicted molar refractivity (Wildman–Crippen MR) is 74.2 cm³/mol. The van der Waals surface area contributed by atoms with Crippen LogP contribution in [0.1, 0.15) is 31.4 Å². The van der Waals surface area contributed by atoms with Crippen molar-refractivity contribution in [3.63, 3.8) is 0 Å². The molecule has 94 valence electrons. The molecule has 0 amide bonds. The first-order valence-corrected chi connectivity index (χ1v) is 6.85. The molecule has 1 aromatic carbocycles. The molecule has 0 radical (unpaired) electrons. The third-order valence-corrected chi connectivity index (χ3v) is 4.03. The minimum Gasteiger partial charge on any atom is -0.394 e. The molecule has 0 aromatic heterocycles. The molecule has 0 aliphatic carbocycles. The average molecular weight is 299 g/mol. The van der Waals surface area contributed by atoms with Crippen LogP contribution in [0.15, 0.2) is 22.7 Å². The first-order chi connectivity index (χ1) is 8.13. The van der Waals surface area contributed by atoms with E-state index in [1.54, 1.807) is 0 Å². The first-order valence-electron chi connectivity index (χ1n) is 6.06. The van der Waals surface area contributed by atoms with Crippen LogP contribution < -0.4 is 10.6 Å². The summed E-state index contributed by atoms with van der Waals surface area (Å²) in [4.78, 5) is 2.27. The summed E-state index contributed by atoms with van der Waals surface area (Å²) in [6, 6.07) is 6.54. The molecule has 4 heteroatoms. The quantitative estimate of drug-likeness (QED) is 0.901. The molecule has 1 aliphatic heterocycles. The van der Waals surface area contributed by atoms with Gasteiger partial charge in [0.2, 0.25) is 0 Å². The standard InChI is InChI=1S/C13H19BrN2O/c1-9(15)10-4-5-13(12(14)7-10)16-6-2-3-11(16)8-17/h4-5,7,9,11,17H,2-3,6,8,15H2,1H3. The van der Waals surface area contributed by atoms with Gasteiger partial charge in [0.25, 0.3) is 0 Å². The molecule has 1 aromatic rings. The molecule has 0 saturated carbocycles. The SMILES string of the molecule is CC(N)c1ccc(N2CCCC2CO)c(Br)c1. The van der Waals surface area contributed by atoms with Crippen LogP contribution in [0.2, 0.25) is 0 Å². The van der Waals surface area contributed by atoms with Gasteiger partial charge in [-0.3, -0.25) is 0 Å². The van der Waals surface area contributed by atoms with Crippen LogP contribution >= 0.6 is 15.9 Å². The molecule has 2 unspecified atom stereocenters. The number of aliphatic hydroxyl groups is 1. The van der Waals surface area contributed by atoms with Gasteiger partial charge >= 0.3 is 0 Å². The molecule has 0 bridgehead atoms. The van der Waals surface area contributed by atoms with E-state index in [0.717, 1.165) is 35.1 Å². The molecule has 17 heavy (non-hydrogen) atoms. The Hall–Kier alpha value is -0.580. The Kier molecular flexibility index (Phi) is 4.07. The third-order valence-electron chi connectivity index (χ3n) is 3.39. The molecular weight excluding hydrogens is 280 g/mol. The Balaban J connectivity index is 2.27. The summed E-state index contributed by atoms with van der Waals surface area (Å²) in [6.45, 7) is 3.22. The Morgan fingerprint density at radius 2 is 2.35 bits per heavy atom. The smallest absolute Gasteiger partial charge is 0.0635 e. The first kappa shape index (κ1) is 12.9. The second kappa shape index (κ2) is 5.38. The molecule has 3 N–H and O–H groups in total. The second-order valence-corrected chi connectivity index (χ2v) is 5.53. The van der Waals surface area contributed by atoms with Crippen LogP contribution in [0.25, 0.3) is 0 Å². The lowest BCUT2D eigenvalue weighted by atomic mass is 10.1. The molecule has 3 nitrogen and oxygen atoms in total. The lowest BCUT2D eigenvalue weighted by Gasteiger charge is -2.27. The van der Waals surface area contributed by atoms with Gasteiger partial charge in [0, 0.05) is 17.1 Å². The van der Waals surface area contributed by atoms with Crippen molar-refractivity contribution in [1.29, 1.82) is 0 Å². The number of rotatable bonds is 3. The van der Waals surface area contributed by atoms with E-state index in [-0.39, 0.29) is 18.7 Å². The fourth-order valence-electron chi connectivity index (χ4n) is 2.38. The monoisotopic (exact) mass is 298 g/mol. The largest absolute Gasteiger partial charge is 0.394 e.